The Kier molecular flexibility index (Phi) is 1.86. The maximum absolute atomic E-state index is 11.8. The zero-order chi connectivity index (χ0) is 11.1. The summed E-state index contributed by atoms with van der Waals surface area (Å²) in [4.78, 5) is 11.8. The zero-order valence-corrected chi connectivity index (χ0v) is 8.82. The van der Waals surface area contributed by atoms with Crippen LogP contribution in [0.15, 0.2) is 39.5 Å². The molecule has 0 bridgehead atoms. The van der Waals surface area contributed by atoms with Crippen LogP contribution in [0.25, 0.3) is 11.3 Å². The van der Waals surface area contributed by atoms with Gasteiger partial charge < -0.3 is 9.15 Å². The second-order valence-electron chi connectivity index (χ2n) is 3.81. The van der Waals surface area contributed by atoms with Crippen molar-refractivity contribution in [1.82, 2.24) is 0 Å². The summed E-state index contributed by atoms with van der Waals surface area (Å²) in [5.41, 5.74) is 1.43. The molecular weight excluding hydrogens is 204 g/mol. The number of hydrogen-bond donors (Lipinski definition) is 0. The maximum atomic E-state index is 11.8. The van der Waals surface area contributed by atoms with E-state index in [0.717, 1.165) is 11.3 Å². The van der Waals surface area contributed by atoms with Crippen LogP contribution in [0, 0.1) is 6.92 Å². The molecule has 3 heteroatoms. The lowest BCUT2D eigenvalue weighted by atomic mass is 10.0. The van der Waals surface area contributed by atoms with Crippen molar-refractivity contribution in [2.24, 2.45) is 0 Å². The van der Waals surface area contributed by atoms with E-state index >= 15 is 0 Å². The Bertz CT molecular complexity index is 611. The molecule has 3 rings (SSSR count). The fourth-order valence-corrected chi connectivity index (χ4v) is 1.92. The second kappa shape index (κ2) is 3.23. The zero-order valence-electron chi connectivity index (χ0n) is 8.82. The molecule has 1 aromatic heterocycles. The third-order valence-electron chi connectivity index (χ3n) is 2.67. The van der Waals surface area contributed by atoms with Gasteiger partial charge in [0.15, 0.2) is 5.43 Å². The van der Waals surface area contributed by atoms with Gasteiger partial charge in [0.2, 0.25) is 0 Å². The van der Waals surface area contributed by atoms with Gasteiger partial charge in [0, 0.05) is 6.07 Å². The van der Waals surface area contributed by atoms with Gasteiger partial charge in [-0.2, -0.15) is 0 Å². The lowest BCUT2D eigenvalue weighted by molar-refractivity contribution is 0.292. The number of ether oxygens (including phenoxy) is 1. The Morgan fingerprint density at radius 3 is 2.94 bits per heavy atom. The second-order valence-corrected chi connectivity index (χ2v) is 3.81. The molecule has 16 heavy (non-hydrogen) atoms. The monoisotopic (exact) mass is 214 g/mol. The van der Waals surface area contributed by atoms with Gasteiger partial charge in [0.05, 0.1) is 11.1 Å². The van der Waals surface area contributed by atoms with E-state index in [-0.39, 0.29) is 12.0 Å². The number of hydrogen-bond acceptors (Lipinski definition) is 3. The van der Waals surface area contributed by atoms with Crippen LogP contribution in [0.2, 0.25) is 0 Å². The molecule has 0 unspecified atom stereocenters. The highest BCUT2D eigenvalue weighted by Crippen LogP contribution is 2.35. The molecule has 1 aliphatic heterocycles. The normalized spacial score (nSPS) is 12.6. The number of rotatable bonds is 0. The highest BCUT2D eigenvalue weighted by Gasteiger charge is 2.21. The summed E-state index contributed by atoms with van der Waals surface area (Å²) in [6, 6.07) is 9.07. The minimum Gasteiger partial charge on any atom is -0.488 e. The molecule has 0 radical (unpaired) electrons. The van der Waals surface area contributed by atoms with E-state index < -0.39 is 0 Å². The molecule has 1 aliphatic rings. The molecule has 3 nitrogen and oxygen atoms in total. The highest BCUT2D eigenvalue weighted by atomic mass is 16.5. The first-order valence-corrected chi connectivity index (χ1v) is 5.11. The van der Waals surface area contributed by atoms with Crippen LogP contribution >= 0.6 is 0 Å². The molecular formula is C13H10O3. The van der Waals surface area contributed by atoms with Gasteiger partial charge in [-0.05, 0) is 19.1 Å². The Hall–Kier alpha value is -2.03. The van der Waals surface area contributed by atoms with Crippen LogP contribution in [-0.4, -0.2) is 0 Å². The number of fused-ring (bicyclic) bond motifs is 3. The molecule has 0 amide bonds. The maximum Gasteiger partial charge on any atom is 0.192 e. The van der Waals surface area contributed by atoms with Crippen molar-refractivity contribution in [3.05, 3.63) is 51.9 Å². The van der Waals surface area contributed by atoms with Crippen molar-refractivity contribution < 1.29 is 9.15 Å². The van der Waals surface area contributed by atoms with Crippen molar-refractivity contribution >= 4 is 0 Å². The van der Waals surface area contributed by atoms with Crippen LogP contribution in [-0.2, 0) is 6.61 Å². The molecule has 0 saturated heterocycles. The Morgan fingerprint density at radius 2 is 2.06 bits per heavy atom. The van der Waals surface area contributed by atoms with Crippen molar-refractivity contribution in [1.29, 1.82) is 0 Å². The number of para-hydroxylation sites is 1. The van der Waals surface area contributed by atoms with Gasteiger partial charge in [-0.25, -0.2) is 0 Å². The predicted octanol–water partition coefficient (Wildman–Crippen LogP) is 2.51. The Balaban J connectivity index is 2.36. The van der Waals surface area contributed by atoms with Crippen molar-refractivity contribution in [2.75, 3.05) is 0 Å². The molecule has 80 valence electrons. The van der Waals surface area contributed by atoms with Crippen molar-refractivity contribution in [3.8, 4) is 17.1 Å². The molecule has 0 spiro atoms. The molecule has 0 atom stereocenters. The van der Waals surface area contributed by atoms with Crippen LogP contribution in [0.5, 0.6) is 5.75 Å². The third-order valence-corrected chi connectivity index (χ3v) is 2.67. The summed E-state index contributed by atoms with van der Waals surface area (Å²) in [7, 11) is 0. The van der Waals surface area contributed by atoms with Gasteiger partial charge in [-0.15, -0.1) is 0 Å². The molecule has 0 aliphatic carbocycles. The van der Waals surface area contributed by atoms with Crippen LogP contribution in [0.1, 0.15) is 11.3 Å². The van der Waals surface area contributed by atoms with Gasteiger partial charge in [-0.3, -0.25) is 4.79 Å². The fraction of sp³-hybridized carbons (Fsp3) is 0.154. The van der Waals surface area contributed by atoms with Gasteiger partial charge in [-0.1, -0.05) is 12.1 Å². The van der Waals surface area contributed by atoms with E-state index in [1.165, 1.54) is 6.07 Å². The lowest BCUT2D eigenvalue weighted by Gasteiger charge is -2.18. The van der Waals surface area contributed by atoms with E-state index in [9.17, 15) is 4.79 Å². The standard InChI is InChI=1S/C13H10O3/c1-8-6-11(14)10-7-15-12-5-3-2-4-9(12)13(10)16-8/h2-6H,7H2,1H3. The van der Waals surface area contributed by atoms with Crippen LogP contribution in [0.3, 0.4) is 0 Å². The highest BCUT2D eigenvalue weighted by molar-refractivity contribution is 5.70. The SMILES string of the molecule is Cc1cc(=O)c2c(o1)-c1ccccc1OC2. The minimum atomic E-state index is -0.0201. The van der Waals surface area contributed by atoms with E-state index in [1.807, 2.05) is 24.3 Å². The van der Waals surface area contributed by atoms with Crippen LogP contribution in [0.4, 0.5) is 0 Å². The predicted molar refractivity (Wildman–Crippen MR) is 59.5 cm³/mol. The summed E-state index contributed by atoms with van der Waals surface area (Å²) in [6.07, 6.45) is 0. The third kappa shape index (κ3) is 1.25. The first kappa shape index (κ1) is 9.21. The van der Waals surface area contributed by atoms with Crippen LogP contribution < -0.4 is 10.2 Å². The summed E-state index contributed by atoms with van der Waals surface area (Å²) in [5.74, 6) is 2.04. The summed E-state index contributed by atoms with van der Waals surface area (Å²) < 4.78 is 11.1. The number of benzene rings is 1. The molecule has 0 N–H and O–H groups in total. The number of aryl methyl sites for hydroxylation is 1. The molecule has 0 saturated carbocycles. The quantitative estimate of drug-likeness (QED) is 0.676. The first-order chi connectivity index (χ1) is 7.75. The first-order valence-electron chi connectivity index (χ1n) is 5.11. The largest absolute Gasteiger partial charge is 0.488 e. The molecule has 0 fully saturated rings. The van der Waals surface area contributed by atoms with E-state index in [1.54, 1.807) is 6.92 Å². The van der Waals surface area contributed by atoms with E-state index in [4.69, 9.17) is 9.15 Å². The lowest BCUT2D eigenvalue weighted by Crippen LogP contribution is -2.16. The van der Waals surface area contributed by atoms with Crippen molar-refractivity contribution in [3.63, 3.8) is 0 Å². The summed E-state index contributed by atoms with van der Waals surface area (Å²) in [5, 5.41) is 0. The average Bonchev–Trinajstić information content (AvgIpc) is 2.28. The summed E-state index contributed by atoms with van der Waals surface area (Å²) in [6.45, 7) is 2.06. The van der Waals surface area contributed by atoms with Gasteiger partial charge >= 0.3 is 0 Å². The fourth-order valence-electron chi connectivity index (χ4n) is 1.92. The van der Waals surface area contributed by atoms with Gasteiger partial charge in [0.1, 0.15) is 23.9 Å². The van der Waals surface area contributed by atoms with E-state index in [0.29, 0.717) is 17.1 Å². The van der Waals surface area contributed by atoms with Crippen molar-refractivity contribution in [2.45, 2.75) is 13.5 Å². The molecule has 2 aromatic rings. The average molecular weight is 214 g/mol. The topological polar surface area (TPSA) is 39.4 Å². The molecule has 1 aromatic carbocycles. The Morgan fingerprint density at radius 1 is 1.25 bits per heavy atom. The van der Waals surface area contributed by atoms with Gasteiger partial charge in [0.25, 0.3) is 0 Å². The smallest absolute Gasteiger partial charge is 0.192 e. The van der Waals surface area contributed by atoms with E-state index in [2.05, 4.69) is 0 Å². The summed E-state index contributed by atoms with van der Waals surface area (Å²) >= 11 is 0. The Labute approximate surface area is 92.3 Å². The molecule has 2 heterocycles. The minimum absolute atomic E-state index is 0.0201.